The van der Waals surface area contributed by atoms with Crippen LogP contribution in [0.5, 0.6) is 0 Å². The molecule has 2 heteroatoms. The number of para-hydroxylation sites is 2. The number of hydrogen-bond donors (Lipinski definition) is 0. The van der Waals surface area contributed by atoms with Crippen LogP contribution in [0.3, 0.4) is 0 Å². The van der Waals surface area contributed by atoms with Crippen LogP contribution in [0, 0.1) is 27.7 Å². The van der Waals surface area contributed by atoms with Gasteiger partial charge < -0.3 is 9.80 Å². The molecule has 0 fully saturated rings. The summed E-state index contributed by atoms with van der Waals surface area (Å²) >= 11 is 0. The fourth-order valence-corrected chi connectivity index (χ4v) is 6.74. The Morgan fingerprint density at radius 2 is 0.673 bits per heavy atom. The Kier molecular flexibility index (Phi) is 10.3. The average Bonchev–Trinajstić information content (AvgIpc) is 3.17. The van der Waals surface area contributed by atoms with Gasteiger partial charge >= 0.3 is 0 Å². The van der Waals surface area contributed by atoms with Gasteiger partial charge in [0, 0.05) is 34.1 Å². The second-order valence-electron chi connectivity index (χ2n) is 13.4. The molecule has 0 bridgehead atoms. The Bertz CT molecular complexity index is 2150. The van der Waals surface area contributed by atoms with Crippen LogP contribution >= 0.6 is 0 Å². The van der Waals surface area contributed by atoms with Crippen molar-refractivity contribution in [3.8, 4) is 0 Å². The standard InChI is InChI=1S/C50H44N2/c1-37-18-32-49(39(3)34-37)51(45-14-7-5-8-15-45)47-28-24-41(25-29-47)20-22-43-12-11-13-44(36-43)23-21-42-26-30-48(31-27-42)52(46-16-9-6-10-17-46)50-33-19-38(2)35-40(50)4/h5-36H,1-4H3. The van der Waals surface area contributed by atoms with Crippen LogP contribution in [0.1, 0.15) is 44.5 Å². The first-order valence-electron chi connectivity index (χ1n) is 17.9. The third kappa shape index (κ3) is 7.98. The van der Waals surface area contributed by atoms with Crippen LogP contribution in [-0.4, -0.2) is 0 Å². The molecule has 0 radical (unpaired) electrons. The van der Waals surface area contributed by atoms with Crippen molar-refractivity contribution in [2.45, 2.75) is 27.7 Å². The molecule has 7 aromatic carbocycles. The molecule has 2 nitrogen and oxygen atoms in total. The number of benzene rings is 7. The maximum absolute atomic E-state index is 2.33. The smallest absolute Gasteiger partial charge is 0.0490 e. The molecule has 0 aliphatic carbocycles. The molecule has 254 valence electrons. The van der Waals surface area contributed by atoms with E-state index >= 15 is 0 Å². The number of nitrogens with zero attached hydrogens (tertiary/aromatic N) is 2. The molecule has 0 saturated carbocycles. The van der Waals surface area contributed by atoms with Crippen LogP contribution in [0.25, 0.3) is 24.3 Å². The van der Waals surface area contributed by atoms with E-state index in [9.17, 15) is 0 Å². The zero-order valence-corrected chi connectivity index (χ0v) is 30.4. The topological polar surface area (TPSA) is 6.48 Å². The highest BCUT2D eigenvalue weighted by Gasteiger charge is 2.15. The molecule has 0 atom stereocenters. The zero-order valence-electron chi connectivity index (χ0n) is 30.4. The predicted octanol–water partition coefficient (Wildman–Crippen LogP) is 14.2. The highest BCUT2D eigenvalue weighted by molar-refractivity contribution is 5.82. The second kappa shape index (κ2) is 15.7. The summed E-state index contributed by atoms with van der Waals surface area (Å²) in [4.78, 5) is 4.66. The minimum atomic E-state index is 1.13. The maximum Gasteiger partial charge on any atom is 0.0490 e. The van der Waals surface area contributed by atoms with Gasteiger partial charge in [0.2, 0.25) is 0 Å². The van der Waals surface area contributed by atoms with Gasteiger partial charge in [-0.15, -0.1) is 0 Å². The molecule has 0 aliphatic heterocycles. The lowest BCUT2D eigenvalue weighted by molar-refractivity contribution is 1.24. The first kappa shape index (κ1) is 34.1. The summed E-state index contributed by atoms with van der Waals surface area (Å²) in [5, 5.41) is 0. The van der Waals surface area contributed by atoms with E-state index in [1.807, 2.05) is 0 Å². The van der Waals surface area contributed by atoms with Crippen LogP contribution in [-0.2, 0) is 0 Å². The van der Waals surface area contributed by atoms with E-state index in [2.05, 4.69) is 232 Å². The number of aryl methyl sites for hydroxylation is 4. The van der Waals surface area contributed by atoms with E-state index < -0.39 is 0 Å². The molecule has 0 aromatic heterocycles. The van der Waals surface area contributed by atoms with E-state index in [1.54, 1.807) is 0 Å². The molecule has 7 aromatic rings. The van der Waals surface area contributed by atoms with Gasteiger partial charge in [-0.2, -0.15) is 0 Å². The summed E-state index contributed by atoms with van der Waals surface area (Å²) in [6, 6.07) is 60.7. The predicted molar refractivity (Wildman–Crippen MR) is 225 cm³/mol. The van der Waals surface area contributed by atoms with Gasteiger partial charge in [-0.3, -0.25) is 0 Å². The summed E-state index contributed by atoms with van der Waals surface area (Å²) in [7, 11) is 0. The van der Waals surface area contributed by atoms with Crippen LogP contribution in [0.15, 0.2) is 170 Å². The van der Waals surface area contributed by atoms with Crippen molar-refractivity contribution in [1.29, 1.82) is 0 Å². The largest absolute Gasteiger partial charge is 0.310 e. The molecule has 0 heterocycles. The van der Waals surface area contributed by atoms with Gasteiger partial charge in [-0.1, -0.05) is 139 Å². The molecular weight excluding hydrogens is 629 g/mol. The molecule has 52 heavy (non-hydrogen) atoms. The summed E-state index contributed by atoms with van der Waals surface area (Å²) in [6.45, 7) is 8.65. The van der Waals surface area contributed by atoms with Crippen molar-refractivity contribution in [1.82, 2.24) is 0 Å². The van der Waals surface area contributed by atoms with E-state index in [1.165, 1.54) is 33.6 Å². The second-order valence-corrected chi connectivity index (χ2v) is 13.4. The van der Waals surface area contributed by atoms with Crippen molar-refractivity contribution < 1.29 is 0 Å². The normalized spacial score (nSPS) is 11.3. The van der Waals surface area contributed by atoms with Gasteiger partial charge in [0.1, 0.15) is 0 Å². The van der Waals surface area contributed by atoms with Crippen molar-refractivity contribution in [3.05, 3.63) is 214 Å². The van der Waals surface area contributed by atoms with E-state index in [-0.39, 0.29) is 0 Å². The molecule has 0 aliphatic rings. The van der Waals surface area contributed by atoms with E-state index in [0.717, 1.165) is 45.0 Å². The Morgan fingerprint density at radius 3 is 1.06 bits per heavy atom. The minimum Gasteiger partial charge on any atom is -0.310 e. The first-order chi connectivity index (χ1) is 25.4. The van der Waals surface area contributed by atoms with Crippen molar-refractivity contribution in [3.63, 3.8) is 0 Å². The van der Waals surface area contributed by atoms with E-state index in [4.69, 9.17) is 0 Å². The Balaban J connectivity index is 1.07. The summed E-state index contributed by atoms with van der Waals surface area (Å²) in [5.74, 6) is 0. The SMILES string of the molecule is Cc1ccc(N(c2ccccc2)c2ccc(C=Cc3cccc(C=Cc4ccc(N(c5ccccc5)c5ccc(C)cc5C)cc4)c3)cc2)c(C)c1. The summed E-state index contributed by atoms with van der Waals surface area (Å²) < 4.78 is 0. The van der Waals surface area contributed by atoms with E-state index in [0.29, 0.717) is 0 Å². The van der Waals surface area contributed by atoms with Crippen LogP contribution < -0.4 is 9.80 Å². The molecule has 0 unspecified atom stereocenters. The molecular formula is C50H44N2. The minimum absolute atomic E-state index is 1.13. The Labute approximate surface area is 309 Å². The lowest BCUT2D eigenvalue weighted by atomic mass is 10.1. The first-order valence-corrected chi connectivity index (χ1v) is 17.9. The maximum atomic E-state index is 2.33. The quantitative estimate of drug-likeness (QED) is 0.133. The molecule has 0 amide bonds. The lowest BCUT2D eigenvalue weighted by Gasteiger charge is -2.27. The summed E-state index contributed by atoms with van der Waals surface area (Å²) in [5.41, 5.74) is 16.6. The summed E-state index contributed by atoms with van der Waals surface area (Å²) in [6.07, 6.45) is 8.74. The molecule has 0 N–H and O–H groups in total. The molecule has 7 rings (SSSR count). The number of anilines is 6. The average molecular weight is 673 g/mol. The zero-order chi connectivity index (χ0) is 35.9. The number of hydrogen-bond acceptors (Lipinski definition) is 2. The fourth-order valence-electron chi connectivity index (χ4n) is 6.74. The molecule has 0 saturated heterocycles. The fraction of sp³-hybridized carbons (Fsp3) is 0.0800. The highest BCUT2D eigenvalue weighted by atomic mass is 15.1. The Morgan fingerprint density at radius 1 is 0.308 bits per heavy atom. The number of rotatable bonds is 10. The highest BCUT2D eigenvalue weighted by Crippen LogP contribution is 2.38. The van der Waals surface area contributed by atoms with Gasteiger partial charge in [0.05, 0.1) is 0 Å². The lowest BCUT2D eigenvalue weighted by Crippen LogP contribution is -2.11. The Hall–Kier alpha value is -6.38. The van der Waals surface area contributed by atoms with Crippen molar-refractivity contribution in [2.24, 2.45) is 0 Å². The third-order valence-corrected chi connectivity index (χ3v) is 9.36. The molecule has 0 spiro atoms. The van der Waals surface area contributed by atoms with Gasteiger partial charge in [0.15, 0.2) is 0 Å². The third-order valence-electron chi connectivity index (χ3n) is 9.36. The van der Waals surface area contributed by atoms with Gasteiger partial charge in [0.25, 0.3) is 0 Å². The van der Waals surface area contributed by atoms with Gasteiger partial charge in [-0.25, -0.2) is 0 Å². The van der Waals surface area contributed by atoms with Crippen molar-refractivity contribution in [2.75, 3.05) is 9.80 Å². The van der Waals surface area contributed by atoms with Crippen LogP contribution in [0.4, 0.5) is 34.1 Å². The van der Waals surface area contributed by atoms with Crippen LogP contribution in [0.2, 0.25) is 0 Å². The monoisotopic (exact) mass is 672 g/mol. The van der Waals surface area contributed by atoms with Crippen molar-refractivity contribution >= 4 is 58.4 Å². The van der Waals surface area contributed by atoms with Gasteiger partial charge in [-0.05, 0) is 128 Å².